The van der Waals surface area contributed by atoms with Gasteiger partial charge in [-0.3, -0.25) is 14.6 Å². The Labute approximate surface area is 183 Å². The summed E-state index contributed by atoms with van der Waals surface area (Å²) in [6, 6.07) is 14.9. The number of carbonyl (C=O) groups excluding carboxylic acids is 2. The third-order valence-corrected chi connectivity index (χ3v) is 5.57. The summed E-state index contributed by atoms with van der Waals surface area (Å²) < 4.78 is 6.21. The molecule has 1 N–H and O–H groups in total. The van der Waals surface area contributed by atoms with Gasteiger partial charge < -0.3 is 15.0 Å². The molecule has 1 saturated heterocycles. The van der Waals surface area contributed by atoms with E-state index in [0.29, 0.717) is 44.0 Å². The molecule has 30 heavy (non-hydrogen) atoms. The number of hydrogen-bond donors (Lipinski definition) is 1. The van der Waals surface area contributed by atoms with E-state index in [2.05, 4.69) is 26.2 Å². The van der Waals surface area contributed by atoms with Crippen molar-refractivity contribution in [3.63, 3.8) is 0 Å². The third-order valence-electron chi connectivity index (χ3n) is 5.08. The largest absolute Gasteiger partial charge is 0.378 e. The molecule has 1 aromatic heterocycles. The number of carbonyl (C=O) groups is 2. The van der Waals surface area contributed by atoms with Gasteiger partial charge >= 0.3 is 0 Å². The standard InChI is InChI=1S/C23H22BrN3O3/c1-15-12-20(19-7-4-17(24)14-21(19)25-15)23(29)26-18-5-2-16(3-6-18)13-22(28)27-8-10-30-11-9-27/h2-7,12,14H,8-11,13H2,1H3,(H,26,29). The number of benzene rings is 2. The minimum atomic E-state index is -0.190. The first-order valence-electron chi connectivity index (χ1n) is 9.82. The van der Waals surface area contributed by atoms with Crippen molar-refractivity contribution in [3.05, 3.63) is 69.8 Å². The summed E-state index contributed by atoms with van der Waals surface area (Å²) in [5.41, 5.74) is 3.73. The Bertz CT molecular complexity index is 1090. The Kier molecular flexibility index (Phi) is 6.11. The normalized spacial score (nSPS) is 14.0. The minimum Gasteiger partial charge on any atom is -0.378 e. The van der Waals surface area contributed by atoms with Crippen LogP contribution in [0.4, 0.5) is 5.69 Å². The second-order valence-electron chi connectivity index (χ2n) is 7.29. The van der Waals surface area contributed by atoms with Crippen molar-refractivity contribution >= 4 is 44.3 Å². The fourth-order valence-corrected chi connectivity index (χ4v) is 3.87. The maximum Gasteiger partial charge on any atom is 0.256 e. The predicted octanol–water partition coefficient (Wildman–Crippen LogP) is 3.96. The van der Waals surface area contributed by atoms with E-state index in [1.807, 2.05) is 54.3 Å². The Morgan fingerprint density at radius 1 is 1.10 bits per heavy atom. The van der Waals surface area contributed by atoms with Gasteiger partial charge in [0.2, 0.25) is 5.91 Å². The number of pyridine rings is 1. The maximum absolute atomic E-state index is 12.9. The first-order valence-corrected chi connectivity index (χ1v) is 10.6. The Hall–Kier alpha value is -2.77. The second kappa shape index (κ2) is 8.93. The molecule has 154 valence electrons. The van der Waals surface area contributed by atoms with Crippen LogP contribution in [0.1, 0.15) is 21.6 Å². The van der Waals surface area contributed by atoms with Crippen LogP contribution >= 0.6 is 15.9 Å². The summed E-state index contributed by atoms with van der Waals surface area (Å²) >= 11 is 3.45. The number of amides is 2. The molecule has 1 aliphatic rings. The van der Waals surface area contributed by atoms with E-state index in [1.165, 1.54) is 0 Å². The number of nitrogens with one attached hydrogen (secondary N) is 1. The highest BCUT2D eigenvalue weighted by Gasteiger charge is 2.17. The average molecular weight is 468 g/mol. The molecule has 0 spiro atoms. The van der Waals surface area contributed by atoms with Crippen LogP contribution in [-0.2, 0) is 16.0 Å². The number of aromatic nitrogens is 1. The number of nitrogens with zero attached hydrogens (tertiary/aromatic N) is 2. The first-order chi connectivity index (χ1) is 14.5. The summed E-state index contributed by atoms with van der Waals surface area (Å²) in [5, 5.41) is 3.75. The number of hydrogen-bond acceptors (Lipinski definition) is 4. The van der Waals surface area contributed by atoms with Crippen molar-refractivity contribution < 1.29 is 14.3 Å². The molecule has 1 fully saturated rings. The van der Waals surface area contributed by atoms with Crippen LogP contribution in [0.15, 0.2) is 53.0 Å². The van der Waals surface area contributed by atoms with Crippen LogP contribution in [0.25, 0.3) is 10.9 Å². The number of ether oxygens (including phenoxy) is 1. The number of morpholine rings is 1. The summed E-state index contributed by atoms with van der Waals surface area (Å²) in [7, 11) is 0. The molecule has 2 aromatic carbocycles. The number of halogens is 1. The SMILES string of the molecule is Cc1cc(C(=O)Nc2ccc(CC(=O)N3CCOCC3)cc2)c2ccc(Br)cc2n1. The molecule has 7 heteroatoms. The van der Waals surface area contributed by atoms with E-state index < -0.39 is 0 Å². The lowest BCUT2D eigenvalue weighted by Crippen LogP contribution is -2.41. The lowest BCUT2D eigenvalue weighted by atomic mass is 10.1. The lowest BCUT2D eigenvalue weighted by molar-refractivity contribution is -0.134. The summed E-state index contributed by atoms with van der Waals surface area (Å²) in [5.74, 6) is -0.0926. The number of anilines is 1. The first kappa shape index (κ1) is 20.5. The molecule has 4 rings (SSSR count). The molecule has 1 aliphatic heterocycles. The minimum absolute atomic E-state index is 0.0972. The molecule has 0 aliphatic carbocycles. The molecular weight excluding hydrogens is 446 g/mol. The molecule has 3 aromatic rings. The zero-order valence-corrected chi connectivity index (χ0v) is 18.2. The van der Waals surface area contributed by atoms with E-state index in [-0.39, 0.29) is 11.8 Å². The van der Waals surface area contributed by atoms with Gasteiger partial charge in [-0.05, 0) is 42.8 Å². The van der Waals surface area contributed by atoms with Crippen molar-refractivity contribution in [3.8, 4) is 0 Å². The topological polar surface area (TPSA) is 71.5 Å². The molecule has 2 amide bonds. The zero-order chi connectivity index (χ0) is 21.1. The Morgan fingerprint density at radius 3 is 2.57 bits per heavy atom. The van der Waals surface area contributed by atoms with Gasteiger partial charge in [0.15, 0.2) is 0 Å². The fourth-order valence-electron chi connectivity index (χ4n) is 3.53. The van der Waals surface area contributed by atoms with E-state index >= 15 is 0 Å². The molecule has 0 atom stereocenters. The van der Waals surface area contributed by atoms with Crippen molar-refractivity contribution in [2.24, 2.45) is 0 Å². The van der Waals surface area contributed by atoms with Crippen LogP contribution in [0.2, 0.25) is 0 Å². The highest BCUT2D eigenvalue weighted by atomic mass is 79.9. The molecule has 6 nitrogen and oxygen atoms in total. The summed E-state index contributed by atoms with van der Waals surface area (Å²) in [4.78, 5) is 31.6. The van der Waals surface area contributed by atoms with Crippen LogP contribution in [0.3, 0.4) is 0 Å². The van der Waals surface area contributed by atoms with Crippen molar-refractivity contribution in [2.45, 2.75) is 13.3 Å². The van der Waals surface area contributed by atoms with E-state index in [4.69, 9.17) is 4.74 Å². The maximum atomic E-state index is 12.9. The lowest BCUT2D eigenvalue weighted by Gasteiger charge is -2.26. The van der Waals surface area contributed by atoms with Gasteiger partial charge in [0.05, 0.1) is 30.7 Å². The second-order valence-corrected chi connectivity index (χ2v) is 8.21. The van der Waals surface area contributed by atoms with E-state index in [9.17, 15) is 9.59 Å². The van der Waals surface area contributed by atoms with Gasteiger partial charge in [-0.25, -0.2) is 0 Å². The fraction of sp³-hybridized carbons (Fsp3) is 0.261. The van der Waals surface area contributed by atoms with Gasteiger partial charge in [0.1, 0.15) is 0 Å². The van der Waals surface area contributed by atoms with Crippen LogP contribution in [0.5, 0.6) is 0 Å². The monoisotopic (exact) mass is 467 g/mol. The molecule has 2 heterocycles. The zero-order valence-electron chi connectivity index (χ0n) is 16.7. The van der Waals surface area contributed by atoms with Gasteiger partial charge in [0, 0.05) is 34.3 Å². The Morgan fingerprint density at radius 2 is 1.83 bits per heavy atom. The average Bonchev–Trinajstić information content (AvgIpc) is 2.74. The number of aryl methyl sites for hydroxylation is 1. The summed E-state index contributed by atoms with van der Waals surface area (Å²) in [6.07, 6.45) is 0.345. The van der Waals surface area contributed by atoms with Gasteiger partial charge in [0.25, 0.3) is 5.91 Å². The summed E-state index contributed by atoms with van der Waals surface area (Å²) in [6.45, 7) is 4.34. The number of rotatable bonds is 4. The molecule has 0 bridgehead atoms. The smallest absolute Gasteiger partial charge is 0.256 e. The van der Waals surface area contributed by atoms with Gasteiger partial charge in [-0.2, -0.15) is 0 Å². The van der Waals surface area contributed by atoms with Crippen molar-refractivity contribution in [1.82, 2.24) is 9.88 Å². The number of fused-ring (bicyclic) bond motifs is 1. The third kappa shape index (κ3) is 4.68. The van der Waals surface area contributed by atoms with Crippen molar-refractivity contribution in [2.75, 3.05) is 31.6 Å². The molecule has 0 radical (unpaired) electrons. The molecule has 0 saturated carbocycles. The van der Waals surface area contributed by atoms with Crippen molar-refractivity contribution in [1.29, 1.82) is 0 Å². The van der Waals surface area contributed by atoms with Crippen LogP contribution < -0.4 is 5.32 Å². The Balaban J connectivity index is 1.46. The quantitative estimate of drug-likeness (QED) is 0.630. The molecular formula is C23H22BrN3O3. The van der Waals surface area contributed by atoms with E-state index in [0.717, 1.165) is 26.6 Å². The van der Waals surface area contributed by atoms with Crippen LogP contribution in [0, 0.1) is 6.92 Å². The van der Waals surface area contributed by atoms with Crippen LogP contribution in [-0.4, -0.2) is 48.0 Å². The van der Waals surface area contributed by atoms with Gasteiger partial charge in [-0.1, -0.05) is 34.1 Å². The predicted molar refractivity (Wildman–Crippen MR) is 120 cm³/mol. The van der Waals surface area contributed by atoms with E-state index in [1.54, 1.807) is 6.07 Å². The highest BCUT2D eigenvalue weighted by molar-refractivity contribution is 9.10. The molecule has 0 unspecified atom stereocenters. The highest BCUT2D eigenvalue weighted by Crippen LogP contribution is 2.23. The van der Waals surface area contributed by atoms with Gasteiger partial charge in [-0.15, -0.1) is 0 Å².